The van der Waals surface area contributed by atoms with Crippen LogP contribution in [0.2, 0.25) is 25.7 Å². The van der Waals surface area contributed by atoms with E-state index in [2.05, 4.69) is 40.4 Å². The van der Waals surface area contributed by atoms with Gasteiger partial charge in [0.2, 0.25) is 5.91 Å². The van der Waals surface area contributed by atoms with Crippen molar-refractivity contribution in [2.24, 2.45) is 28.5 Å². The molecule has 2 saturated carbocycles. The maximum Gasteiger partial charge on any atom is 0.270 e. The Balaban J connectivity index is 1.47. The summed E-state index contributed by atoms with van der Waals surface area (Å²) in [6.45, 7) is 13.8. The summed E-state index contributed by atoms with van der Waals surface area (Å²) in [7, 11) is -1.17. The van der Waals surface area contributed by atoms with Gasteiger partial charge in [-0.25, -0.2) is 0 Å². The van der Waals surface area contributed by atoms with E-state index in [0.717, 1.165) is 48.6 Å². The molecule has 0 saturated heterocycles. The minimum atomic E-state index is -1.17. The summed E-state index contributed by atoms with van der Waals surface area (Å²) in [6.07, 6.45) is 7.61. The fourth-order valence-corrected chi connectivity index (χ4v) is 6.11. The second kappa shape index (κ2) is 13.8. The second-order valence-electron chi connectivity index (χ2n) is 13.2. The first-order chi connectivity index (χ1) is 20.0. The molecule has 1 atom stereocenters. The highest BCUT2D eigenvalue weighted by Gasteiger charge is 2.48. The lowest BCUT2D eigenvalue weighted by Crippen LogP contribution is -2.50. The summed E-state index contributed by atoms with van der Waals surface area (Å²) in [5, 5.41) is 10.5. The number of anilines is 1. The lowest BCUT2D eigenvalue weighted by atomic mass is 9.88. The fraction of sp³-hybridized carbons (Fsp3) is 0.562. The zero-order chi connectivity index (χ0) is 30.4. The summed E-state index contributed by atoms with van der Waals surface area (Å²) in [6, 6.07) is 9.82. The van der Waals surface area contributed by atoms with Crippen LogP contribution in [0.5, 0.6) is 0 Å². The number of carbonyl (C=O) groups excluding carboxylic acids is 2. The molecule has 0 bridgehead atoms. The Morgan fingerprint density at radius 3 is 2.31 bits per heavy atom. The first kappa shape index (κ1) is 31.7. The third-order valence-corrected chi connectivity index (χ3v) is 9.74. The SMILES string of the molecule is CC(=CN)C(=NCOCC[Si](C)(C)C)c1ccc(NC(=O)[C@@H](NC(=O)c2ccnn2C(C)C)C(C2CC2)C2CC2)cc1. The van der Waals surface area contributed by atoms with E-state index in [1.54, 1.807) is 23.1 Å². The van der Waals surface area contributed by atoms with E-state index >= 15 is 0 Å². The van der Waals surface area contributed by atoms with Crippen LogP contribution < -0.4 is 16.4 Å². The van der Waals surface area contributed by atoms with Gasteiger partial charge in [0.25, 0.3) is 5.91 Å². The van der Waals surface area contributed by atoms with Crippen molar-refractivity contribution in [3.63, 3.8) is 0 Å². The predicted molar refractivity (Wildman–Crippen MR) is 171 cm³/mol. The number of amides is 2. The lowest BCUT2D eigenvalue weighted by Gasteiger charge is -2.28. The normalized spacial score (nSPS) is 17.0. The fourth-order valence-electron chi connectivity index (χ4n) is 5.36. The van der Waals surface area contributed by atoms with Crippen LogP contribution in [0.4, 0.5) is 5.69 Å². The molecule has 1 aromatic carbocycles. The van der Waals surface area contributed by atoms with Crippen LogP contribution in [0.1, 0.15) is 68.5 Å². The summed E-state index contributed by atoms with van der Waals surface area (Å²) in [5.74, 6) is 0.645. The molecule has 2 amide bonds. The standard InChI is InChI=1S/C32H48N6O3Si/c1-21(2)38-27(15-16-35-38)31(39)37-30(28(23-7-8-23)24-9-10-24)32(40)36-26-13-11-25(12-14-26)29(22(3)19-33)34-20-41-17-18-42(4,5)6/h11-16,19,21,23-24,28,30H,7-10,17-18,20,33H2,1-6H3,(H,36,40)(H,37,39)/t30-/m0/s1. The van der Waals surface area contributed by atoms with Crippen molar-refractivity contribution in [3.05, 3.63) is 59.6 Å². The van der Waals surface area contributed by atoms with E-state index in [1.165, 1.54) is 0 Å². The highest BCUT2D eigenvalue weighted by molar-refractivity contribution is 6.76. The average molecular weight is 593 g/mol. The highest BCUT2D eigenvalue weighted by atomic mass is 28.3. The van der Waals surface area contributed by atoms with Gasteiger partial charge in [-0.15, -0.1) is 0 Å². The molecule has 0 radical (unpaired) electrons. The second-order valence-corrected chi connectivity index (χ2v) is 18.9. The molecule has 4 N–H and O–H groups in total. The Bertz CT molecular complexity index is 1270. The van der Waals surface area contributed by atoms with E-state index in [1.807, 2.05) is 45.0 Å². The van der Waals surface area contributed by atoms with Gasteiger partial charge in [-0.05, 0) is 100 Å². The maximum atomic E-state index is 13.8. The third kappa shape index (κ3) is 8.64. The van der Waals surface area contributed by atoms with E-state index in [0.29, 0.717) is 29.8 Å². The molecule has 2 aliphatic rings. The summed E-state index contributed by atoms with van der Waals surface area (Å²) >= 11 is 0. The van der Waals surface area contributed by atoms with Gasteiger partial charge >= 0.3 is 0 Å². The number of rotatable bonds is 15. The smallest absolute Gasteiger partial charge is 0.270 e. The molecule has 0 unspecified atom stereocenters. The van der Waals surface area contributed by atoms with Gasteiger partial charge in [0.05, 0.1) is 5.71 Å². The van der Waals surface area contributed by atoms with Crippen LogP contribution in [0.3, 0.4) is 0 Å². The number of benzene rings is 1. The van der Waals surface area contributed by atoms with Crippen LogP contribution in [-0.2, 0) is 9.53 Å². The molecule has 228 valence electrons. The number of hydrogen-bond acceptors (Lipinski definition) is 6. The average Bonchev–Trinajstić information content (AvgIpc) is 3.89. The number of nitrogens with two attached hydrogens (primary N) is 1. The van der Waals surface area contributed by atoms with Gasteiger partial charge in [-0.3, -0.25) is 19.3 Å². The molecule has 10 heteroatoms. The molecular formula is C32H48N6O3Si. The largest absolute Gasteiger partial charge is 0.404 e. The van der Waals surface area contributed by atoms with Crippen molar-refractivity contribution < 1.29 is 14.3 Å². The molecule has 9 nitrogen and oxygen atoms in total. The number of hydrogen-bond donors (Lipinski definition) is 3. The maximum absolute atomic E-state index is 13.8. The van der Waals surface area contributed by atoms with Crippen LogP contribution >= 0.6 is 0 Å². The summed E-state index contributed by atoms with van der Waals surface area (Å²) < 4.78 is 7.49. The lowest BCUT2D eigenvalue weighted by molar-refractivity contribution is -0.119. The van der Waals surface area contributed by atoms with Gasteiger partial charge in [-0.1, -0.05) is 31.8 Å². The van der Waals surface area contributed by atoms with Crippen molar-refractivity contribution in [1.29, 1.82) is 0 Å². The molecule has 1 heterocycles. The van der Waals surface area contributed by atoms with E-state index in [-0.39, 0.29) is 30.5 Å². The zero-order valence-corrected chi connectivity index (χ0v) is 27.0. The van der Waals surface area contributed by atoms with Crippen molar-refractivity contribution >= 4 is 31.3 Å². The Kier molecular flexibility index (Phi) is 10.4. The van der Waals surface area contributed by atoms with Gasteiger partial charge in [0, 0.05) is 38.2 Å². The van der Waals surface area contributed by atoms with Crippen molar-refractivity contribution in [1.82, 2.24) is 15.1 Å². The third-order valence-electron chi connectivity index (χ3n) is 8.04. The molecule has 0 aliphatic heterocycles. The molecule has 4 rings (SSSR count). The van der Waals surface area contributed by atoms with Gasteiger partial charge in [0.1, 0.15) is 18.5 Å². The summed E-state index contributed by atoms with van der Waals surface area (Å²) in [5.41, 5.74) is 9.48. The minimum absolute atomic E-state index is 0.0390. The van der Waals surface area contributed by atoms with E-state index in [9.17, 15) is 9.59 Å². The summed E-state index contributed by atoms with van der Waals surface area (Å²) in [4.78, 5) is 31.8. The van der Waals surface area contributed by atoms with Gasteiger partial charge < -0.3 is 21.1 Å². The van der Waals surface area contributed by atoms with Gasteiger partial charge in [-0.2, -0.15) is 5.10 Å². The predicted octanol–water partition coefficient (Wildman–Crippen LogP) is 5.60. The number of allylic oxidation sites excluding steroid dienone is 1. The monoisotopic (exact) mass is 592 g/mol. The molecule has 1 aromatic heterocycles. The van der Waals surface area contributed by atoms with Crippen molar-refractivity contribution in [3.8, 4) is 0 Å². The Hall–Kier alpha value is -3.24. The number of nitrogens with zero attached hydrogens (tertiary/aromatic N) is 3. The molecule has 2 aromatic rings. The van der Waals surface area contributed by atoms with Crippen LogP contribution in [0, 0.1) is 17.8 Å². The molecule has 0 spiro atoms. The number of nitrogens with one attached hydrogen (secondary N) is 2. The number of ether oxygens (including phenoxy) is 1. The first-order valence-electron chi connectivity index (χ1n) is 15.2. The molecule has 2 aliphatic carbocycles. The van der Waals surface area contributed by atoms with Gasteiger partial charge in [0.15, 0.2) is 0 Å². The van der Waals surface area contributed by atoms with Crippen molar-refractivity contribution in [2.75, 3.05) is 18.7 Å². The van der Waals surface area contributed by atoms with E-state index < -0.39 is 14.1 Å². The molecule has 42 heavy (non-hydrogen) atoms. The Morgan fingerprint density at radius 1 is 1.12 bits per heavy atom. The Labute approximate surface area is 251 Å². The Morgan fingerprint density at radius 2 is 1.76 bits per heavy atom. The van der Waals surface area contributed by atoms with E-state index in [4.69, 9.17) is 10.5 Å². The topological polar surface area (TPSA) is 124 Å². The van der Waals surface area contributed by atoms with Crippen molar-refractivity contribution in [2.45, 2.75) is 84.2 Å². The first-order valence-corrected chi connectivity index (χ1v) is 19.0. The highest BCUT2D eigenvalue weighted by Crippen LogP contribution is 2.51. The molecule has 2 fully saturated rings. The van der Waals surface area contributed by atoms with Crippen LogP contribution in [0.25, 0.3) is 0 Å². The number of aliphatic imine (C=N–C) groups is 1. The van der Waals surface area contributed by atoms with Crippen LogP contribution in [-0.4, -0.2) is 54.8 Å². The molecular weight excluding hydrogens is 544 g/mol. The minimum Gasteiger partial charge on any atom is -0.404 e. The van der Waals surface area contributed by atoms with Crippen LogP contribution in [0.15, 0.2) is 53.3 Å². The zero-order valence-electron chi connectivity index (χ0n) is 26.0. The quantitative estimate of drug-likeness (QED) is 0.141. The number of aromatic nitrogens is 2. The number of carbonyl (C=O) groups is 2.